The van der Waals surface area contributed by atoms with Crippen molar-refractivity contribution in [1.29, 1.82) is 0 Å². The summed E-state index contributed by atoms with van der Waals surface area (Å²) in [4.78, 5) is 4.26. The molecule has 0 unspecified atom stereocenters. The van der Waals surface area contributed by atoms with Crippen LogP contribution in [0.15, 0.2) is 97.3 Å². The van der Waals surface area contributed by atoms with Crippen molar-refractivity contribution in [3.63, 3.8) is 0 Å². The molecule has 0 amide bonds. The molecular weight excluding hydrogens is 384 g/mol. The van der Waals surface area contributed by atoms with E-state index < -0.39 is 0 Å². The fourth-order valence-corrected chi connectivity index (χ4v) is 5.88. The summed E-state index contributed by atoms with van der Waals surface area (Å²) in [6.45, 7) is 0. The summed E-state index contributed by atoms with van der Waals surface area (Å²) in [6.07, 6.45) is 3.78. The van der Waals surface area contributed by atoms with Gasteiger partial charge in [-0.1, -0.05) is 42.5 Å². The molecule has 3 heteroatoms. The molecule has 0 aliphatic carbocycles. The minimum atomic E-state index is 1.16. The molecule has 0 aliphatic rings. The summed E-state index contributed by atoms with van der Waals surface area (Å²) in [5, 5.41) is 7.72. The fourth-order valence-electron chi connectivity index (χ4n) is 4.76. The van der Waals surface area contributed by atoms with Gasteiger partial charge in [-0.3, -0.25) is 4.98 Å². The van der Waals surface area contributed by atoms with Gasteiger partial charge in [0.05, 0.1) is 11.0 Å². The van der Waals surface area contributed by atoms with Crippen LogP contribution in [0.2, 0.25) is 0 Å². The van der Waals surface area contributed by atoms with Gasteiger partial charge in [0.1, 0.15) is 0 Å². The molecule has 0 bridgehead atoms. The molecule has 0 spiro atoms. The quantitative estimate of drug-likeness (QED) is 0.276. The number of hydrogen-bond acceptors (Lipinski definition) is 2. The van der Waals surface area contributed by atoms with Crippen molar-refractivity contribution in [2.24, 2.45) is 0 Å². The highest BCUT2D eigenvalue weighted by atomic mass is 32.1. The number of aromatic nitrogens is 2. The summed E-state index contributed by atoms with van der Waals surface area (Å²) in [7, 11) is 0. The van der Waals surface area contributed by atoms with E-state index in [1.165, 1.54) is 53.1 Å². The molecule has 0 saturated heterocycles. The fraction of sp³-hybridized carbons (Fsp3) is 0. The molecule has 0 radical (unpaired) electrons. The summed E-state index contributed by atoms with van der Waals surface area (Å²) in [5.74, 6) is 0. The maximum absolute atomic E-state index is 4.26. The number of benzene rings is 4. The second kappa shape index (κ2) is 5.91. The number of nitrogens with zero attached hydrogens (tertiary/aromatic N) is 2. The van der Waals surface area contributed by atoms with E-state index in [2.05, 4.69) is 94.5 Å². The predicted octanol–water partition coefficient (Wildman–Crippen LogP) is 7.70. The average molecular weight is 401 g/mol. The Hall–Kier alpha value is -3.69. The first-order valence-corrected chi connectivity index (χ1v) is 10.9. The summed E-state index contributed by atoms with van der Waals surface area (Å²) < 4.78 is 5.09. The van der Waals surface area contributed by atoms with Crippen LogP contribution in [0, 0.1) is 0 Å². The molecule has 7 aromatic rings. The molecule has 3 aromatic heterocycles. The minimum absolute atomic E-state index is 1.16. The van der Waals surface area contributed by atoms with Gasteiger partial charge in [0.25, 0.3) is 0 Å². The molecule has 4 aromatic carbocycles. The maximum Gasteiger partial charge on any atom is 0.0548 e. The molecule has 7 rings (SSSR count). The van der Waals surface area contributed by atoms with Crippen LogP contribution in [0.3, 0.4) is 0 Å². The molecule has 30 heavy (non-hydrogen) atoms. The Bertz CT molecular complexity index is 1750. The van der Waals surface area contributed by atoms with Gasteiger partial charge in [0, 0.05) is 54.4 Å². The molecule has 0 fully saturated rings. The Morgan fingerprint density at radius 2 is 1.50 bits per heavy atom. The maximum atomic E-state index is 4.26. The molecule has 0 aliphatic heterocycles. The number of thiophene rings is 1. The van der Waals surface area contributed by atoms with Crippen LogP contribution in [0.1, 0.15) is 0 Å². The van der Waals surface area contributed by atoms with E-state index in [-0.39, 0.29) is 0 Å². The Morgan fingerprint density at radius 1 is 0.633 bits per heavy atom. The summed E-state index contributed by atoms with van der Waals surface area (Å²) in [5.41, 5.74) is 3.67. The smallest absolute Gasteiger partial charge is 0.0548 e. The molecule has 140 valence electrons. The third kappa shape index (κ3) is 2.10. The third-order valence-corrected chi connectivity index (χ3v) is 7.20. The van der Waals surface area contributed by atoms with Crippen molar-refractivity contribution in [3.8, 4) is 5.69 Å². The van der Waals surface area contributed by atoms with E-state index in [0.717, 1.165) is 5.39 Å². The average Bonchev–Trinajstić information content (AvgIpc) is 3.34. The summed E-state index contributed by atoms with van der Waals surface area (Å²) in [6, 6.07) is 30.8. The number of rotatable bonds is 1. The van der Waals surface area contributed by atoms with Crippen molar-refractivity contribution < 1.29 is 0 Å². The molecule has 3 heterocycles. The lowest BCUT2D eigenvalue weighted by atomic mass is 10.1. The van der Waals surface area contributed by atoms with Gasteiger partial charge in [-0.25, -0.2) is 0 Å². The van der Waals surface area contributed by atoms with Crippen molar-refractivity contribution >= 4 is 64.1 Å². The number of fused-ring (bicyclic) bond motifs is 8. The Morgan fingerprint density at radius 3 is 2.47 bits per heavy atom. The highest BCUT2D eigenvalue weighted by Crippen LogP contribution is 2.43. The van der Waals surface area contributed by atoms with Gasteiger partial charge in [0.2, 0.25) is 0 Å². The Labute approximate surface area is 176 Å². The highest BCUT2D eigenvalue weighted by molar-refractivity contribution is 7.26. The molecule has 0 saturated carbocycles. The van der Waals surface area contributed by atoms with Crippen LogP contribution in [0.5, 0.6) is 0 Å². The predicted molar refractivity (Wildman–Crippen MR) is 129 cm³/mol. The highest BCUT2D eigenvalue weighted by Gasteiger charge is 2.17. The van der Waals surface area contributed by atoms with Crippen LogP contribution >= 0.6 is 11.3 Å². The second-order valence-electron chi connectivity index (χ2n) is 7.69. The number of pyridine rings is 1. The van der Waals surface area contributed by atoms with Gasteiger partial charge >= 0.3 is 0 Å². The van der Waals surface area contributed by atoms with Crippen LogP contribution in [-0.2, 0) is 0 Å². The van der Waals surface area contributed by atoms with Gasteiger partial charge in [-0.2, -0.15) is 0 Å². The van der Waals surface area contributed by atoms with Gasteiger partial charge in [-0.05, 0) is 47.9 Å². The lowest BCUT2D eigenvalue weighted by molar-refractivity contribution is 1.19. The molecule has 0 N–H and O–H groups in total. The van der Waals surface area contributed by atoms with Crippen molar-refractivity contribution in [3.05, 3.63) is 97.3 Å². The van der Waals surface area contributed by atoms with E-state index in [1.807, 2.05) is 23.7 Å². The van der Waals surface area contributed by atoms with Gasteiger partial charge < -0.3 is 4.57 Å². The third-order valence-electron chi connectivity index (χ3n) is 6.06. The number of hydrogen-bond donors (Lipinski definition) is 0. The minimum Gasteiger partial charge on any atom is -0.309 e. The normalized spacial score (nSPS) is 12.0. The van der Waals surface area contributed by atoms with Crippen LogP contribution in [0.4, 0.5) is 0 Å². The van der Waals surface area contributed by atoms with Crippen LogP contribution in [-0.4, -0.2) is 9.55 Å². The SMILES string of the molecule is c1ccc2c(c1)sc1ccc3c(c4ccccc4n3-c3ccc4cnccc4c3)c12. The monoisotopic (exact) mass is 400 g/mol. The van der Waals surface area contributed by atoms with E-state index >= 15 is 0 Å². The van der Waals surface area contributed by atoms with E-state index in [0.29, 0.717) is 0 Å². The number of para-hydroxylation sites is 1. The first-order chi connectivity index (χ1) is 14.9. The Balaban J connectivity index is 1.70. The second-order valence-corrected chi connectivity index (χ2v) is 8.77. The summed E-state index contributed by atoms with van der Waals surface area (Å²) >= 11 is 1.88. The van der Waals surface area contributed by atoms with Crippen molar-refractivity contribution in [1.82, 2.24) is 9.55 Å². The first-order valence-electron chi connectivity index (χ1n) is 10.1. The molecule has 2 nitrogen and oxygen atoms in total. The van der Waals surface area contributed by atoms with Crippen molar-refractivity contribution in [2.75, 3.05) is 0 Å². The van der Waals surface area contributed by atoms with Crippen molar-refractivity contribution in [2.45, 2.75) is 0 Å². The van der Waals surface area contributed by atoms with E-state index in [4.69, 9.17) is 0 Å². The molecule has 0 atom stereocenters. The first kappa shape index (κ1) is 16.1. The van der Waals surface area contributed by atoms with Gasteiger partial charge in [0.15, 0.2) is 0 Å². The van der Waals surface area contributed by atoms with E-state index in [9.17, 15) is 0 Å². The molecular formula is C27H16N2S. The Kier molecular flexibility index (Phi) is 3.18. The lowest BCUT2D eigenvalue weighted by Gasteiger charge is -2.09. The van der Waals surface area contributed by atoms with Gasteiger partial charge in [-0.15, -0.1) is 11.3 Å². The zero-order valence-corrected chi connectivity index (χ0v) is 16.9. The zero-order valence-electron chi connectivity index (χ0n) is 16.0. The van der Waals surface area contributed by atoms with Crippen LogP contribution in [0.25, 0.3) is 58.4 Å². The lowest BCUT2D eigenvalue weighted by Crippen LogP contribution is -1.93. The zero-order chi connectivity index (χ0) is 19.7. The standard InChI is InChI=1S/C27H16N2S/c1-3-7-22-20(5-1)26-23(11-12-25-27(26)21-6-2-4-8-24(21)30-25)29(22)19-10-9-18-16-28-14-13-17(18)15-19/h1-16H. The topological polar surface area (TPSA) is 17.8 Å². The largest absolute Gasteiger partial charge is 0.309 e. The van der Waals surface area contributed by atoms with E-state index in [1.54, 1.807) is 0 Å². The van der Waals surface area contributed by atoms with Crippen LogP contribution < -0.4 is 0 Å².